The van der Waals surface area contributed by atoms with Crippen LogP contribution in [0.15, 0.2) is 33.8 Å². The third kappa shape index (κ3) is 4.10. The lowest BCUT2D eigenvalue weighted by Gasteiger charge is -2.12. The van der Waals surface area contributed by atoms with Gasteiger partial charge in [0.25, 0.3) is 5.03 Å². The van der Waals surface area contributed by atoms with Crippen LogP contribution in [0.1, 0.15) is 13.3 Å². The number of aryl methyl sites for hydroxylation is 1. The van der Waals surface area contributed by atoms with Crippen molar-refractivity contribution in [2.45, 2.75) is 23.6 Å². The van der Waals surface area contributed by atoms with E-state index in [1.54, 1.807) is 7.05 Å². The highest BCUT2D eigenvalue weighted by molar-refractivity contribution is 14.1. The van der Waals surface area contributed by atoms with Crippen LogP contribution in [0.3, 0.4) is 0 Å². The maximum Gasteiger partial charge on any atom is 0.291 e. The zero-order valence-electron chi connectivity index (χ0n) is 11.5. The molecule has 0 radical (unpaired) electrons. The van der Waals surface area contributed by atoms with Crippen LogP contribution >= 0.6 is 34.4 Å². The number of carbonyl (C=O) groups excluding carboxylic acids is 1. The molecule has 0 bridgehead atoms. The molecule has 21 heavy (non-hydrogen) atoms. The van der Waals surface area contributed by atoms with Gasteiger partial charge in [-0.3, -0.25) is 4.79 Å². The Bertz CT molecular complexity index is 611. The van der Waals surface area contributed by atoms with E-state index in [4.69, 9.17) is 0 Å². The van der Waals surface area contributed by atoms with Gasteiger partial charge in [0.2, 0.25) is 5.91 Å². The summed E-state index contributed by atoms with van der Waals surface area (Å²) in [5, 5.41) is 17.8. The van der Waals surface area contributed by atoms with Crippen molar-refractivity contribution < 1.29 is 19.1 Å². The zero-order valence-corrected chi connectivity index (χ0v) is 14.5. The van der Waals surface area contributed by atoms with Gasteiger partial charge in [-0.2, -0.15) is 0 Å². The molecule has 0 saturated carbocycles. The summed E-state index contributed by atoms with van der Waals surface area (Å²) < 4.78 is 6.99. The number of hydrogen-bond donors (Lipinski definition) is 1. The number of aromatic nitrogens is 2. The molecule has 1 heterocycles. The van der Waals surface area contributed by atoms with E-state index in [2.05, 4.69) is 37.7 Å². The topological polar surface area (TPSA) is 82.1 Å². The first-order valence-corrected chi connectivity index (χ1v) is 8.23. The number of anilines is 1. The molecule has 6 nitrogen and oxygen atoms in total. The number of thioether (sulfide) groups is 1. The molecule has 1 aromatic carbocycles. The monoisotopic (exact) mass is 419 g/mol. The molecular formula is C13H14IN3O3S. The Morgan fingerprint density at radius 3 is 2.71 bits per heavy atom. The molecule has 112 valence electrons. The number of carbonyl (C=O) groups is 1. The summed E-state index contributed by atoms with van der Waals surface area (Å²) in [5.74, 6) is -0.674. The largest absolute Gasteiger partial charge is 0.538 e. The smallest absolute Gasteiger partial charge is 0.291 e. The first-order chi connectivity index (χ1) is 10.0. The van der Waals surface area contributed by atoms with Crippen molar-refractivity contribution in [3.8, 4) is 5.95 Å². The third-order valence-corrected chi connectivity index (χ3v) is 4.95. The van der Waals surface area contributed by atoms with Crippen molar-refractivity contribution in [3.05, 3.63) is 27.8 Å². The fourth-order valence-corrected chi connectivity index (χ4v) is 2.93. The predicted octanol–water partition coefficient (Wildman–Crippen LogP) is 1.69. The van der Waals surface area contributed by atoms with Crippen molar-refractivity contribution in [3.63, 3.8) is 0 Å². The van der Waals surface area contributed by atoms with Gasteiger partial charge in [0.05, 0.1) is 10.5 Å². The van der Waals surface area contributed by atoms with Crippen LogP contribution in [0.4, 0.5) is 5.69 Å². The lowest BCUT2D eigenvalue weighted by atomic mass is 10.3. The molecule has 0 spiro atoms. The van der Waals surface area contributed by atoms with Gasteiger partial charge in [0.15, 0.2) is 13.0 Å². The van der Waals surface area contributed by atoms with Crippen molar-refractivity contribution in [1.29, 1.82) is 0 Å². The molecule has 1 aromatic heterocycles. The van der Waals surface area contributed by atoms with Crippen LogP contribution < -0.4 is 15.1 Å². The Morgan fingerprint density at radius 2 is 2.19 bits per heavy atom. The third-order valence-electron chi connectivity index (χ3n) is 2.74. The fourth-order valence-electron chi connectivity index (χ4n) is 1.64. The molecule has 1 unspecified atom stereocenters. The number of nitrogens with zero attached hydrogens (tertiary/aromatic N) is 2. The van der Waals surface area contributed by atoms with E-state index in [9.17, 15) is 9.90 Å². The van der Waals surface area contributed by atoms with E-state index in [1.807, 2.05) is 31.2 Å². The molecule has 1 N–H and O–H groups in total. The van der Waals surface area contributed by atoms with Gasteiger partial charge in [0, 0.05) is 9.26 Å². The molecular weight excluding hydrogens is 405 g/mol. The minimum absolute atomic E-state index is 0.149. The van der Waals surface area contributed by atoms with Crippen LogP contribution in [0.25, 0.3) is 0 Å². The Hall–Kier alpha value is -1.29. The summed E-state index contributed by atoms with van der Waals surface area (Å²) in [5.41, 5.74) is 0.733. The summed E-state index contributed by atoms with van der Waals surface area (Å²) in [6.07, 6.45) is 0.589. The SMILES string of the molecule is CCC(Sc1c([O-])on[n+]1C)C(=O)Nc1ccc(I)cc1. The summed E-state index contributed by atoms with van der Waals surface area (Å²) in [7, 11) is 1.61. The van der Waals surface area contributed by atoms with Gasteiger partial charge in [-0.15, -0.1) is 0 Å². The predicted molar refractivity (Wildman–Crippen MR) is 84.8 cm³/mol. The quantitative estimate of drug-likeness (QED) is 0.453. The van der Waals surface area contributed by atoms with Crippen molar-refractivity contribution in [1.82, 2.24) is 5.27 Å². The maximum absolute atomic E-state index is 12.3. The highest BCUT2D eigenvalue weighted by Gasteiger charge is 2.25. The van der Waals surface area contributed by atoms with Crippen LogP contribution in [-0.2, 0) is 11.8 Å². The van der Waals surface area contributed by atoms with E-state index >= 15 is 0 Å². The van der Waals surface area contributed by atoms with E-state index < -0.39 is 5.95 Å². The molecule has 1 atom stereocenters. The highest BCUT2D eigenvalue weighted by atomic mass is 127. The molecule has 8 heteroatoms. The second-order valence-electron chi connectivity index (χ2n) is 4.30. The summed E-state index contributed by atoms with van der Waals surface area (Å²) in [6, 6.07) is 7.52. The van der Waals surface area contributed by atoms with Gasteiger partial charge in [-0.05, 0) is 65.0 Å². The Kier molecular flexibility index (Phi) is 5.45. The van der Waals surface area contributed by atoms with Crippen LogP contribution in [-0.4, -0.2) is 16.4 Å². The number of halogens is 1. The first-order valence-electron chi connectivity index (χ1n) is 6.27. The molecule has 0 aliphatic carbocycles. The zero-order chi connectivity index (χ0) is 15.4. The van der Waals surface area contributed by atoms with Crippen molar-refractivity contribution in [2.75, 3.05) is 5.32 Å². The van der Waals surface area contributed by atoms with Crippen LogP contribution in [0.5, 0.6) is 5.95 Å². The van der Waals surface area contributed by atoms with E-state index in [0.717, 1.165) is 21.0 Å². The highest BCUT2D eigenvalue weighted by Crippen LogP contribution is 2.28. The molecule has 2 aromatic rings. The van der Waals surface area contributed by atoms with Crippen LogP contribution in [0.2, 0.25) is 0 Å². The number of nitrogens with one attached hydrogen (secondary N) is 1. The molecule has 0 saturated heterocycles. The average molecular weight is 419 g/mol. The van der Waals surface area contributed by atoms with Gasteiger partial charge >= 0.3 is 0 Å². The summed E-state index contributed by atoms with van der Waals surface area (Å²) in [6.45, 7) is 1.89. The van der Waals surface area contributed by atoms with E-state index in [0.29, 0.717) is 11.4 Å². The Morgan fingerprint density at radius 1 is 1.52 bits per heavy atom. The van der Waals surface area contributed by atoms with E-state index in [-0.39, 0.29) is 11.2 Å². The maximum atomic E-state index is 12.3. The minimum atomic E-state index is -0.525. The molecule has 0 fully saturated rings. The fraction of sp³-hybridized carbons (Fsp3) is 0.308. The molecule has 1 amide bonds. The van der Waals surface area contributed by atoms with Crippen molar-refractivity contribution in [2.24, 2.45) is 7.05 Å². The normalized spacial score (nSPS) is 12.1. The van der Waals surface area contributed by atoms with Crippen LogP contribution in [0, 0.1) is 3.57 Å². The number of hydrogen-bond acceptors (Lipinski definition) is 5. The standard InChI is InChI=1S/C13H14IN3O3S/c1-3-10(21-12-13(19)20-16-17(12)2)11(18)15-9-6-4-8(14)5-7-9/h4-7,10H,3H2,1-2H3,(H-,15,16,18,19). The number of amides is 1. The Balaban J connectivity index is 2.06. The van der Waals surface area contributed by atoms with Gasteiger partial charge < -0.3 is 14.9 Å². The average Bonchev–Trinajstić information content (AvgIpc) is 2.78. The first kappa shape index (κ1) is 16.1. The Labute approximate surface area is 140 Å². The number of rotatable bonds is 5. The molecule has 0 aliphatic rings. The lowest BCUT2D eigenvalue weighted by molar-refractivity contribution is -0.772. The number of benzene rings is 1. The minimum Gasteiger partial charge on any atom is -0.538 e. The van der Waals surface area contributed by atoms with E-state index in [1.165, 1.54) is 4.68 Å². The second kappa shape index (κ2) is 7.12. The van der Waals surface area contributed by atoms with Gasteiger partial charge in [0.1, 0.15) is 0 Å². The summed E-state index contributed by atoms with van der Waals surface area (Å²) >= 11 is 3.36. The summed E-state index contributed by atoms with van der Waals surface area (Å²) in [4.78, 5) is 12.3. The lowest BCUT2D eigenvalue weighted by Crippen LogP contribution is -2.34. The van der Waals surface area contributed by atoms with Gasteiger partial charge in [-0.25, -0.2) is 0 Å². The second-order valence-corrected chi connectivity index (χ2v) is 6.74. The van der Waals surface area contributed by atoms with Crippen molar-refractivity contribution >= 4 is 45.9 Å². The van der Waals surface area contributed by atoms with Gasteiger partial charge in [-0.1, -0.05) is 11.6 Å². The molecule has 0 aliphatic heterocycles. The molecule has 2 rings (SSSR count).